The molecule has 1 aliphatic rings. The van der Waals surface area contributed by atoms with E-state index in [1.54, 1.807) is 24.1 Å². The fourth-order valence-corrected chi connectivity index (χ4v) is 4.04. The highest BCUT2D eigenvalue weighted by Gasteiger charge is 2.28. The molecule has 4 rings (SSSR count). The number of amides is 1. The van der Waals surface area contributed by atoms with Crippen molar-refractivity contribution in [2.75, 3.05) is 20.1 Å². The summed E-state index contributed by atoms with van der Waals surface area (Å²) < 4.78 is 5.35. The fraction of sp³-hybridized carbons (Fsp3) is 0.375. The third kappa shape index (κ3) is 5.51. The van der Waals surface area contributed by atoms with Crippen LogP contribution in [0.5, 0.6) is 0 Å². The van der Waals surface area contributed by atoms with Crippen LogP contribution >= 0.6 is 11.6 Å². The molecule has 6 nitrogen and oxygen atoms in total. The van der Waals surface area contributed by atoms with E-state index in [1.807, 2.05) is 12.1 Å². The number of aryl methyl sites for hydroxylation is 1. The van der Waals surface area contributed by atoms with Crippen molar-refractivity contribution in [2.24, 2.45) is 5.92 Å². The number of halogens is 1. The SMILES string of the molecule is Cc1ccc(CN2CCC(C(=O)N(C)Cc3nc(-c4ccc(Cl)cc4)no3)CC2)cc1. The number of nitrogens with zero attached hydrogens (tertiary/aromatic N) is 4. The Balaban J connectivity index is 1.28. The average Bonchev–Trinajstić information content (AvgIpc) is 3.24. The molecule has 0 aliphatic carbocycles. The van der Waals surface area contributed by atoms with E-state index in [-0.39, 0.29) is 11.8 Å². The van der Waals surface area contributed by atoms with Gasteiger partial charge in [0.25, 0.3) is 0 Å². The molecule has 2 heterocycles. The van der Waals surface area contributed by atoms with Gasteiger partial charge in [0.05, 0.1) is 6.54 Å². The van der Waals surface area contributed by atoms with Crippen molar-refractivity contribution in [3.63, 3.8) is 0 Å². The second-order valence-electron chi connectivity index (χ2n) is 8.25. The normalized spacial score (nSPS) is 15.2. The summed E-state index contributed by atoms with van der Waals surface area (Å²) in [7, 11) is 1.80. The van der Waals surface area contributed by atoms with Crippen molar-refractivity contribution in [1.29, 1.82) is 0 Å². The highest BCUT2D eigenvalue weighted by atomic mass is 35.5. The van der Waals surface area contributed by atoms with Crippen LogP contribution in [0, 0.1) is 12.8 Å². The minimum Gasteiger partial charge on any atom is -0.337 e. The number of benzene rings is 2. The van der Waals surface area contributed by atoms with Gasteiger partial charge in [-0.3, -0.25) is 9.69 Å². The average molecular weight is 439 g/mol. The van der Waals surface area contributed by atoms with Crippen LogP contribution in [-0.4, -0.2) is 46.0 Å². The number of hydrogen-bond donors (Lipinski definition) is 0. The largest absolute Gasteiger partial charge is 0.337 e. The van der Waals surface area contributed by atoms with Crippen LogP contribution in [0.4, 0.5) is 0 Å². The van der Waals surface area contributed by atoms with Gasteiger partial charge in [-0.1, -0.05) is 46.6 Å². The second kappa shape index (κ2) is 9.62. The molecule has 1 amide bonds. The first-order valence-electron chi connectivity index (χ1n) is 10.6. The summed E-state index contributed by atoms with van der Waals surface area (Å²) in [5.41, 5.74) is 3.42. The lowest BCUT2D eigenvalue weighted by molar-refractivity contribution is -0.136. The van der Waals surface area contributed by atoms with Crippen molar-refractivity contribution in [3.05, 3.63) is 70.6 Å². The molecule has 162 valence electrons. The third-order valence-electron chi connectivity index (χ3n) is 5.78. The summed E-state index contributed by atoms with van der Waals surface area (Å²) in [6.07, 6.45) is 1.74. The predicted octanol–water partition coefficient (Wildman–Crippen LogP) is 4.57. The number of carbonyl (C=O) groups is 1. The molecule has 0 spiro atoms. The second-order valence-corrected chi connectivity index (χ2v) is 8.69. The maximum Gasteiger partial charge on any atom is 0.246 e. The number of likely N-dealkylation sites (tertiary alicyclic amines) is 1. The first kappa shape index (κ1) is 21.5. The molecule has 0 N–H and O–H groups in total. The zero-order valence-electron chi connectivity index (χ0n) is 17.9. The van der Waals surface area contributed by atoms with E-state index in [0.29, 0.717) is 23.3 Å². The molecule has 2 aromatic carbocycles. The van der Waals surface area contributed by atoms with Crippen molar-refractivity contribution >= 4 is 17.5 Å². The number of hydrogen-bond acceptors (Lipinski definition) is 5. The summed E-state index contributed by atoms with van der Waals surface area (Å²) in [5, 5.41) is 4.68. The van der Waals surface area contributed by atoms with E-state index in [1.165, 1.54) is 11.1 Å². The standard InChI is InChI=1S/C24H27ClN4O2/c1-17-3-5-18(6-4-17)15-29-13-11-20(12-14-29)24(30)28(2)16-22-26-23(27-31-22)19-7-9-21(25)10-8-19/h3-10,20H,11-16H2,1-2H3. The number of rotatable bonds is 6. The van der Waals surface area contributed by atoms with E-state index >= 15 is 0 Å². The monoisotopic (exact) mass is 438 g/mol. The molecule has 3 aromatic rings. The molecule has 1 aliphatic heterocycles. The molecule has 0 radical (unpaired) electrons. The summed E-state index contributed by atoms with van der Waals surface area (Å²) in [5.74, 6) is 1.11. The summed E-state index contributed by atoms with van der Waals surface area (Å²) in [4.78, 5) is 21.5. The van der Waals surface area contributed by atoms with Gasteiger partial charge in [0.15, 0.2) is 0 Å². The smallest absolute Gasteiger partial charge is 0.246 e. The zero-order chi connectivity index (χ0) is 21.8. The Bertz CT molecular complexity index is 1010. The summed E-state index contributed by atoms with van der Waals surface area (Å²) in [6, 6.07) is 15.9. The van der Waals surface area contributed by atoms with Crippen molar-refractivity contribution in [2.45, 2.75) is 32.9 Å². The van der Waals surface area contributed by atoms with E-state index in [4.69, 9.17) is 16.1 Å². The molecule has 7 heteroatoms. The van der Waals surface area contributed by atoms with E-state index in [0.717, 1.165) is 38.0 Å². The van der Waals surface area contributed by atoms with Gasteiger partial charge < -0.3 is 9.42 Å². The first-order valence-corrected chi connectivity index (χ1v) is 11.0. The lowest BCUT2D eigenvalue weighted by Gasteiger charge is -2.33. The minimum absolute atomic E-state index is 0.0397. The van der Waals surface area contributed by atoms with Crippen LogP contribution in [0.2, 0.25) is 5.02 Å². The van der Waals surface area contributed by atoms with E-state index < -0.39 is 0 Å². The first-order chi connectivity index (χ1) is 15.0. The van der Waals surface area contributed by atoms with Gasteiger partial charge in [-0.05, 0) is 62.7 Å². The fourth-order valence-electron chi connectivity index (χ4n) is 3.92. The third-order valence-corrected chi connectivity index (χ3v) is 6.03. The van der Waals surface area contributed by atoms with Gasteiger partial charge >= 0.3 is 0 Å². The Morgan fingerprint density at radius 2 is 1.81 bits per heavy atom. The van der Waals surface area contributed by atoms with Gasteiger partial charge in [-0.25, -0.2) is 0 Å². The number of carbonyl (C=O) groups excluding carboxylic acids is 1. The van der Waals surface area contributed by atoms with Gasteiger partial charge in [0, 0.05) is 30.1 Å². The highest BCUT2D eigenvalue weighted by molar-refractivity contribution is 6.30. The van der Waals surface area contributed by atoms with Gasteiger partial charge in [-0.2, -0.15) is 4.98 Å². The maximum absolute atomic E-state index is 12.9. The molecule has 1 fully saturated rings. The van der Waals surface area contributed by atoms with Crippen LogP contribution in [0.25, 0.3) is 11.4 Å². The van der Waals surface area contributed by atoms with E-state index in [2.05, 4.69) is 46.2 Å². The molecule has 0 unspecified atom stereocenters. The van der Waals surface area contributed by atoms with Gasteiger partial charge in [0.1, 0.15) is 0 Å². The minimum atomic E-state index is 0.0397. The quantitative estimate of drug-likeness (QED) is 0.564. The number of aromatic nitrogens is 2. The topological polar surface area (TPSA) is 62.5 Å². The van der Waals surface area contributed by atoms with Gasteiger partial charge in [-0.15, -0.1) is 0 Å². The van der Waals surface area contributed by atoms with Gasteiger partial charge in [0.2, 0.25) is 17.6 Å². The Morgan fingerprint density at radius 1 is 1.13 bits per heavy atom. The zero-order valence-corrected chi connectivity index (χ0v) is 18.7. The molecule has 1 saturated heterocycles. The number of piperidine rings is 1. The molecular weight excluding hydrogens is 412 g/mol. The maximum atomic E-state index is 12.9. The van der Waals surface area contributed by atoms with Crippen molar-refractivity contribution in [3.8, 4) is 11.4 Å². The molecule has 31 heavy (non-hydrogen) atoms. The Morgan fingerprint density at radius 3 is 2.48 bits per heavy atom. The van der Waals surface area contributed by atoms with Crippen LogP contribution in [0.3, 0.4) is 0 Å². The Hall–Kier alpha value is -2.70. The molecule has 0 atom stereocenters. The highest BCUT2D eigenvalue weighted by Crippen LogP contribution is 2.23. The predicted molar refractivity (Wildman–Crippen MR) is 120 cm³/mol. The summed E-state index contributed by atoms with van der Waals surface area (Å²) in [6.45, 7) is 5.21. The molecule has 1 aromatic heterocycles. The summed E-state index contributed by atoms with van der Waals surface area (Å²) >= 11 is 5.93. The Kier molecular flexibility index (Phi) is 6.68. The van der Waals surface area contributed by atoms with Crippen LogP contribution < -0.4 is 0 Å². The molecule has 0 bridgehead atoms. The van der Waals surface area contributed by atoms with Crippen LogP contribution in [-0.2, 0) is 17.9 Å². The Labute approximate surface area is 187 Å². The van der Waals surface area contributed by atoms with Crippen molar-refractivity contribution < 1.29 is 9.32 Å². The van der Waals surface area contributed by atoms with Crippen LogP contribution in [0.15, 0.2) is 53.1 Å². The van der Waals surface area contributed by atoms with Crippen LogP contribution in [0.1, 0.15) is 29.9 Å². The lowest BCUT2D eigenvalue weighted by atomic mass is 9.95. The molecule has 0 saturated carbocycles. The van der Waals surface area contributed by atoms with E-state index in [9.17, 15) is 4.79 Å². The van der Waals surface area contributed by atoms with Crippen molar-refractivity contribution in [1.82, 2.24) is 19.9 Å². The molecular formula is C24H27ClN4O2. The lowest BCUT2D eigenvalue weighted by Crippen LogP contribution is -2.40.